The SMILES string of the molecule is Cc1cc(C(=O)Cc2cc(Cl)cc3c2OCC3)sc1Br. The van der Waals surface area contributed by atoms with Gasteiger partial charge in [-0.3, -0.25) is 4.79 Å². The third-order valence-electron chi connectivity index (χ3n) is 3.31. The summed E-state index contributed by atoms with van der Waals surface area (Å²) in [6.07, 6.45) is 1.19. The Hall–Kier alpha value is -0.840. The predicted octanol–water partition coefficient (Wildman–Crippen LogP) is 4.83. The molecule has 1 aromatic carbocycles. The van der Waals surface area contributed by atoms with Gasteiger partial charge in [-0.05, 0) is 52.2 Å². The second kappa shape index (κ2) is 5.51. The van der Waals surface area contributed by atoms with Gasteiger partial charge < -0.3 is 4.74 Å². The van der Waals surface area contributed by atoms with Gasteiger partial charge in [0.15, 0.2) is 5.78 Å². The topological polar surface area (TPSA) is 26.3 Å². The molecule has 5 heteroatoms. The van der Waals surface area contributed by atoms with Crippen molar-refractivity contribution in [2.24, 2.45) is 0 Å². The molecule has 104 valence electrons. The lowest BCUT2D eigenvalue weighted by molar-refractivity contribution is 0.0996. The zero-order chi connectivity index (χ0) is 14.3. The van der Waals surface area contributed by atoms with Crippen molar-refractivity contribution in [2.45, 2.75) is 19.8 Å². The Bertz CT molecular complexity index is 674. The average Bonchev–Trinajstić information content (AvgIpc) is 2.97. The predicted molar refractivity (Wildman–Crippen MR) is 85.4 cm³/mol. The maximum Gasteiger partial charge on any atom is 0.177 e. The van der Waals surface area contributed by atoms with Crippen LogP contribution in [-0.2, 0) is 12.8 Å². The fourth-order valence-electron chi connectivity index (χ4n) is 2.33. The summed E-state index contributed by atoms with van der Waals surface area (Å²) in [5.41, 5.74) is 3.08. The van der Waals surface area contributed by atoms with Crippen LogP contribution in [0.15, 0.2) is 22.0 Å². The fourth-order valence-corrected chi connectivity index (χ4v) is 4.07. The van der Waals surface area contributed by atoms with Crippen LogP contribution in [0.2, 0.25) is 5.02 Å². The standard InChI is InChI=1S/C15H12BrClO2S/c1-8-4-13(20-15(8)16)12(18)7-10-6-11(17)5-9-2-3-19-14(9)10/h4-6H,2-3,7H2,1H3. The van der Waals surface area contributed by atoms with E-state index >= 15 is 0 Å². The highest BCUT2D eigenvalue weighted by Crippen LogP contribution is 2.34. The van der Waals surface area contributed by atoms with Gasteiger partial charge >= 0.3 is 0 Å². The van der Waals surface area contributed by atoms with E-state index in [1.807, 2.05) is 25.1 Å². The van der Waals surface area contributed by atoms with Crippen LogP contribution in [0.5, 0.6) is 5.75 Å². The summed E-state index contributed by atoms with van der Waals surface area (Å²) >= 11 is 11.0. The molecule has 0 saturated heterocycles. The summed E-state index contributed by atoms with van der Waals surface area (Å²) in [5.74, 6) is 0.943. The molecule has 0 spiro atoms. The minimum absolute atomic E-state index is 0.101. The third kappa shape index (κ3) is 2.65. The van der Waals surface area contributed by atoms with Crippen molar-refractivity contribution in [2.75, 3.05) is 6.61 Å². The van der Waals surface area contributed by atoms with Gasteiger partial charge in [-0.25, -0.2) is 0 Å². The molecular weight excluding hydrogens is 360 g/mol. The van der Waals surface area contributed by atoms with Gasteiger partial charge in [0, 0.05) is 23.4 Å². The highest BCUT2D eigenvalue weighted by atomic mass is 79.9. The first kappa shape index (κ1) is 14.1. The van der Waals surface area contributed by atoms with Gasteiger partial charge in [0.2, 0.25) is 0 Å². The van der Waals surface area contributed by atoms with Gasteiger partial charge in [-0.15, -0.1) is 11.3 Å². The van der Waals surface area contributed by atoms with Gasteiger partial charge in [-0.2, -0.15) is 0 Å². The van der Waals surface area contributed by atoms with E-state index in [9.17, 15) is 4.79 Å². The number of rotatable bonds is 3. The number of ether oxygens (including phenoxy) is 1. The summed E-state index contributed by atoms with van der Waals surface area (Å²) < 4.78 is 6.64. The molecule has 20 heavy (non-hydrogen) atoms. The summed E-state index contributed by atoms with van der Waals surface area (Å²) in [5, 5.41) is 0.667. The van der Waals surface area contributed by atoms with Gasteiger partial charge in [0.1, 0.15) is 5.75 Å². The second-order valence-corrected chi connectivity index (χ2v) is 7.63. The Kier molecular flexibility index (Phi) is 3.89. The van der Waals surface area contributed by atoms with E-state index in [-0.39, 0.29) is 5.78 Å². The molecule has 2 heterocycles. The Morgan fingerprint density at radius 3 is 2.95 bits per heavy atom. The number of fused-ring (bicyclic) bond motifs is 1. The van der Waals surface area contributed by atoms with Crippen molar-refractivity contribution in [3.05, 3.63) is 48.6 Å². The van der Waals surface area contributed by atoms with Crippen molar-refractivity contribution in [3.63, 3.8) is 0 Å². The van der Waals surface area contributed by atoms with Crippen LogP contribution in [-0.4, -0.2) is 12.4 Å². The van der Waals surface area contributed by atoms with Crippen LogP contribution in [0, 0.1) is 6.92 Å². The van der Waals surface area contributed by atoms with Crippen LogP contribution in [0.1, 0.15) is 26.4 Å². The quantitative estimate of drug-likeness (QED) is 0.722. The maximum absolute atomic E-state index is 12.4. The summed E-state index contributed by atoms with van der Waals surface area (Å²) in [6, 6.07) is 5.67. The van der Waals surface area contributed by atoms with Crippen LogP contribution in [0.3, 0.4) is 0 Å². The monoisotopic (exact) mass is 370 g/mol. The Balaban J connectivity index is 1.90. The molecule has 1 aliphatic rings. The number of thiophene rings is 1. The van der Waals surface area contributed by atoms with Crippen molar-refractivity contribution >= 4 is 44.7 Å². The molecule has 0 radical (unpaired) electrons. The maximum atomic E-state index is 12.4. The normalized spacial score (nSPS) is 13.2. The summed E-state index contributed by atoms with van der Waals surface area (Å²) in [4.78, 5) is 13.1. The minimum atomic E-state index is 0.101. The zero-order valence-corrected chi connectivity index (χ0v) is 14.0. The van der Waals surface area contributed by atoms with Crippen molar-refractivity contribution in [3.8, 4) is 5.75 Å². The Morgan fingerprint density at radius 1 is 1.45 bits per heavy atom. The molecule has 1 aromatic heterocycles. The first-order valence-electron chi connectivity index (χ1n) is 6.28. The Labute approximate surface area is 134 Å². The van der Waals surface area contributed by atoms with Gasteiger partial charge in [-0.1, -0.05) is 11.6 Å². The van der Waals surface area contributed by atoms with E-state index in [0.717, 1.165) is 37.5 Å². The number of ketones is 1. The number of Topliss-reactive ketones (excluding diaryl/α,β-unsaturated/α-hetero) is 1. The van der Waals surface area contributed by atoms with E-state index in [1.165, 1.54) is 11.3 Å². The molecule has 2 aromatic rings. The highest BCUT2D eigenvalue weighted by molar-refractivity contribution is 9.11. The molecule has 2 nitrogen and oxygen atoms in total. The molecule has 3 rings (SSSR count). The van der Waals surface area contributed by atoms with Gasteiger partial charge in [0.25, 0.3) is 0 Å². The average molecular weight is 372 g/mol. The van der Waals surface area contributed by atoms with E-state index < -0.39 is 0 Å². The number of hydrogen-bond donors (Lipinski definition) is 0. The van der Waals surface area contributed by atoms with Crippen molar-refractivity contribution in [1.82, 2.24) is 0 Å². The van der Waals surface area contributed by atoms with Crippen molar-refractivity contribution < 1.29 is 9.53 Å². The molecule has 0 aliphatic carbocycles. The molecular formula is C15H12BrClO2S. The minimum Gasteiger partial charge on any atom is -0.493 e. The molecule has 0 saturated carbocycles. The lowest BCUT2D eigenvalue weighted by Gasteiger charge is -2.07. The van der Waals surface area contributed by atoms with E-state index in [1.54, 1.807) is 0 Å². The number of carbonyl (C=O) groups is 1. The Morgan fingerprint density at radius 2 is 2.25 bits per heavy atom. The molecule has 0 fully saturated rings. The summed E-state index contributed by atoms with van der Waals surface area (Å²) in [6.45, 7) is 2.65. The highest BCUT2D eigenvalue weighted by Gasteiger charge is 2.20. The zero-order valence-electron chi connectivity index (χ0n) is 10.8. The van der Waals surface area contributed by atoms with E-state index in [4.69, 9.17) is 16.3 Å². The van der Waals surface area contributed by atoms with Crippen molar-refractivity contribution in [1.29, 1.82) is 0 Å². The number of benzene rings is 1. The third-order valence-corrected chi connectivity index (χ3v) is 5.70. The first-order valence-corrected chi connectivity index (χ1v) is 8.26. The molecule has 0 N–H and O–H groups in total. The molecule has 0 unspecified atom stereocenters. The molecule has 0 amide bonds. The molecule has 0 atom stereocenters. The number of halogens is 2. The smallest absolute Gasteiger partial charge is 0.177 e. The van der Waals surface area contributed by atoms with Crippen LogP contribution < -0.4 is 4.74 Å². The molecule has 0 bridgehead atoms. The largest absolute Gasteiger partial charge is 0.493 e. The van der Waals surface area contributed by atoms with Crippen LogP contribution in [0.4, 0.5) is 0 Å². The van der Waals surface area contributed by atoms with Gasteiger partial charge in [0.05, 0.1) is 15.3 Å². The van der Waals surface area contributed by atoms with E-state index in [2.05, 4.69) is 15.9 Å². The number of aryl methyl sites for hydroxylation is 1. The van der Waals surface area contributed by atoms with Crippen LogP contribution in [0.25, 0.3) is 0 Å². The number of hydrogen-bond acceptors (Lipinski definition) is 3. The summed E-state index contributed by atoms with van der Waals surface area (Å²) in [7, 11) is 0. The second-order valence-electron chi connectivity index (χ2n) is 4.82. The van der Waals surface area contributed by atoms with E-state index in [0.29, 0.717) is 18.1 Å². The number of carbonyl (C=O) groups excluding carboxylic acids is 1. The fraction of sp³-hybridized carbons (Fsp3) is 0.267. The first-order chi connectivity index (χ1) is 9.54. The molecule has 1 aliphatic heterocycles. The van der Waals surface area contributed by atoms with Crippen LogP contribution >= 0.6 is 38.9 Å². The lowest BCUT2D eigenvalue weighted by Crippen LogP contribution is -2.03. The lowest BCUT2D eigenvalue weighted by atomic mass is 10.0.